The van der Waals surface area contributed by atoms with E-state index in [4.69, 9.17) is 0 Å². The molecule has 0 aromatic heterocycles. The fourth-order valence-corrected chi connectivity index (χ4v) is 3.51. The molecule has 0 radical (unpaired) electrons. The number of fused-ring (bicyclic) bond motifs is 1. The smallest absolute Gasteiger partial charge is 0.138 e. The molecule has 0 aliphatic carbocycles. The standard InChI is InChI=1S/C28H23F/c1-3-4-21-11-14-24(15-12-21)26-18-16-25-19-23(13-17-27(25)28(26)29)10-9-22-7-5-20(2)6-8-22/h5-8,11-19H,3-4H2,1-2H3. The number of hydrogen-bond acceptors (Lipinski definition) is 0. The number of benzene rings is 4. The summed E-state index contributed by atoms with van der Waals surface area (Å²) in [7, 11) is 0. The van der Waals surface area contributed by atoms with Crippen molar-refractivity contribution < 1.29 is 4.39 Å². The van der Waals surface area contributed by atoms with Crippen LogP contribution in [0.4, 0.5) is 4.39 Å². The second-order valence-corrected chi connectivity index (χ2v) is 7.43. The van der Waals surface area contributed by atoms with Crippen LogP contribution in [0.25, 0.3) is 21.9 Å². The zero-order valence-corrected chi connectivity index (χ0v) is 16.8. The Labute approximate surface area is 172 Å². The summed E-state index contributed by atoms with van der Waals surface area (Å²) in [5.74, 6) is 6.18. The normalized spacial score (nSPS) is 10.6. The van der Waals surface area contributed by atoms with E-state index in [0.717, 1.165) is 34.9 Å². The molecule has 0 amide bonds. The monoisotopic (exact) mass is 378 g/mol. The summed E-state index contributed by atoms with van der Waals surface area (Å²) in [4.78, 5) is 0. The molecule has 0 saturated heterocycles. The number of rotatable bonds is 3. The first-order valence-corrected chi connectivity index (χ1v) is 10.0. The highest BCUT2D eigenvalue weighted by molar-refractivity contribution is 5.89. The lowest BCUT2D eigenvalue weighted by atomic mass is 9.97. The van der Waals surface area contributed by atoms with Crippen molar-refractivity contribution in [3.63, 3.8) is 0 Å². The van der Waals surface area contributed by atoms with Crippen LogP contribution in [0.3, 0.4) is 0 Å². The average molecular weight is 378 g/mol. The predicted octanol–water partition coefficient (Wildman–Crippen LogP) is 7.31. The van der Waals surface area contributed by atoms with Crippen molar-refractivity contribution >= 4 is 10.8 Å². The van der Waals surface area contributed by atoms with Crippen molar-refractivity contribution in [2.45, 2.75) is 26.7 Å². The van der Waals surface area contributed by atoms with Gasteiger partial charge >= 0.3 is 0 Å². The molecule has 0 fully saturated rings. The van der Waals surface area contributed by atoms with Gasteiger partial charge in [-0.3, -0.25) is 0 Å². The zero-order valence-electron chi connectivity index (χ0n) is 16.8. The quantitative estimate of drug-likeness (QED) is 0.328. The Balaban J connectivity index is 1.66. The lowest BCUT2D eigenvalue weighted by Crippen LogP contribution is -1.89. The van der Waals surface area contributed by atoms with Crippen molar-refractivity contribution in [2.24, 2.45) is 0 Å². The van der Waals surface area contributed by atoms with Crippen LogP contribution in [0.1, 0.15) is 35.6 Å². The van der Waals surface area contributed by atoms with Crippen molar-refractivity contribution in [1.29, 1.82) is 0 Å². The van der Waals surface area contributed by atoms with E-state index in [1.807, 2.05) is 54.6 Å². The summed E-state index contributed by atoms with van der Waals surface area (Å²) in [6.07, 6.45) is 2.16. The molecule has 4 rings (SSSR count). The lowest BCUT2D eigenvalue weighted by molar-refractivity contribution is 0.643. The Morgan fingerprint density at radius 1 is 0.759 bits per heavy atom. The van der Waals surface area contributed by atoms with E-state index in [9.17, 15) is 0 Å². The Hall–Kier alpha value is -3.37. The molecule has 4 aromatic carbocycles. The van der Waals surface area contributed by atoms with Gasteiger partial charge in [-0.05, 0) is 54.1 Å². The van der Waals surface area contributed by atoms with Crippen molar-refractivity contribution in [3.8, 4) is 23.0 Å². The average Bonchev–Trinajstić information content (AvgIpc) is 2.74. The molecule has 29 heavy (non-hydrogen) atoms. The van der Waals surface area contributed by atoms with Gasteiger partial charge in [0.2, 0.25) is 0 Å². The highest BCUT2D eigenvalue weighted by atomic mass is 19.1. The van der Waals surface area contributed by atoms with E-state index in [0.29, 0.717) is 10.9 Å². The first-order chi connectivity index (χ1) is 14.1. The molecule has 4 aromatic rings. The fraction of sp³-hybridized carbons (Fsp3) is 0.143. The zero-order chi connectivity index (χ0) is 20.2. The van der Waals surface area contributed by atoms with Crippen molar-refractivity contribution in [2.75, 3.05) is 0 Å². The van der Waals surface area contributed by atoms with Crippen LogP contribution < -0.4 is 0 Å². The topological polar surface area (TPSA) is 0 Å². The molecule has 142 valence electrons. The molecule has 0 spiro atoms. The third-order valence-corrected chi connectivity index (χ3v) is 5.16. The first-order valence-electron chi connectivity index (χ1n) is 10.0. The van der Waals surface area contributed by atoms with Gasteiger partial charge in [0.25, 0.3) is 0 Å². The van der Waals surface area contributed by atoms with Gasteiger partial charge in [0.15, 0.2) is 0 Å². The molecule has 0 saturated carbocycles. The highest BCUT2D eigenvalue weighted by Crippen LogP contribution is 2.29. The van der Waals surface area contributed by atoms with Gasteiger partial charge in [-0.25, -0.2) is 4.39 Å². The van der Waals surface area contributed by atoms with Gasteiger partial charge in [-0.1, -0.05) is 85.3 Å². The highest BCUT2D eigenvalue weighted by Gasteiger charge is 2.10. The molecule has 0 bridgehead atoms. The molecule has 0 unspecified atom stereocenters. The minimum absolute atomic E-state index is 0.177. The summed E-state index contributed by atoms with van der Waals surface area (Å²) >= 11 is 0. The summed E-state index contributed by atoms with van der Waals surface area (Å²) < 4.78 is 15.2. The largest absolute Gasteiger partial charge is 0.206 e. The van der Waals surface area contributed by atoms with Crippen molar-refractivity contribution in [3.05, 3.63) is 107 Å². The third-order valence-electron chi connectivity index (χ3n) is 5.16. The van der Waals surface area contributed by atoms with Crippen LogP contribution in [-0.4, -0.2) is 0 Å². The lowest BCUT2D eigenvalue weighted by Gasteiger charge is -2.08. The molecule has 0 heterocycles. The number of halogens is 1. The Morgan fingerprint density at radius 2 is 1.45 bits per heavy atom. The van der Waals surface area contributed by atoms with Gasteiger partial charge < -0.3 is 0 Å². The maximum Gasteiger partial charge on any atom is 0.138 e. The molecule has 1 heteroatoms. The summed E-state index contributed by atoms with van der Waals surface area (Å²) in [6, 6.07) is 25.8. The van der Waals surface area contributed by atoms with Crippen LogP contribution in [0, 0.1) is 24.6 Å². The maximum absolute atomic E-state index is 15.2. The Morgan fingerprint density at radius 3 is 2.17 bits per heavy atom. The Bertz CT molecular complexity index is 1200. The molecule has 0 atom stereocenters. The van der Waals surface area contributed by atoms with E-state index in [1.165, 1.54) is 11.1 Å². The minimum atomic E-state index is -0.177. The summed E-state index contributed by atoms with van der Waals surface area (Å²) in [5.41, 5.74) is 5.91. The van der Waals surface area contributed by atoms with E-state index in [2.05, 4.69) is 50.0 Å². The molecule has 0 N–H and O–H groups in total. The van der Waals surface area contributed by atoms with E-state index in [1.54, 1.807) is 0 Å². The SMILES string of the molecule is CCCc1ccc(-c2ccc3cc(C#Cc4ccc(C)cc4)ccc3c2F)cc1. The second-order valence-electron chi connectivity index (χ2n) is 7.43. The van der Waals surface area contributed by atoms with Crippen LogP contribution in [0.15, 0.2) is 78.9 Å². The van der Waals surface area contributed by atoms with Gasteiger partial charge in [0.1, 0.15) is 5.82 Å². The fourth-order valence-electron chi connectivity index (χ4n) is 3.51. The van der Waals surface area contributed by atoms with E-state index in [-0.39, 0.29) is 5.82 Å². The van der Waals surface area contributed by atoms with Gasteiger partial charge in [-0.15, -0.1) is 0 Å². The predicted molar refractivity (Wildman–Crippen MR) is 120 cm³/mol. The second kappa shape index (κ2) is 8.33. The Kier molecular flexibility index (Phi) is 5.45. The van der Waals surface area contributed by atoms with Crippen LogP contribution in [-0.2, 0) is 6.42 Å². The molecule has 0 aliphatic rings. The maximum atomic E-state index is 15.2. The first kappa shape index (κ1) is 19.0. The molecule has 0 aliphatic heterocycles. The molecular formula is C28H23F. The number of hydrogen-bond donors (Lipinski definition) is 0. The van der Waals surface area contributed by atoms with Crippen molar-refractivity contribution in [1.82, 2.24) is 0 Å². The van der Waals surface area contributed by atoms with Gasteiger partial charge in [0, 0.05) is 22.1 Å². The van der Waals surface area contributed by atoms with Crippen LogP contribution in [0.2, 0.25) is 0 Å². The minimum Gasteiger partial charge on any atom is -0.206 e. The van der Waals surface area contributed by atoms with Crippen LogP contribution >= 0.6 is 0 Å². The van der Waals surface area contributed by atoms with Gasteiger partial charge in [0.05, 0.1) is 0 Å². The third kappa shape index (κ3) is 4.23. The molecule has 0 nitrogen and oxygen atoms in total. The summed E-state index contributed by atoms with van der Waals surface area (Å²) in [5, 5.41) is 1.49. The van der Waals surface area contributed by atoms with Crippen LogP contribution in [0.5, 0.6) is 0 Å². The van der Waals surface area contributed by atoms with E-state index < -0.39 is 0 Å². The molecular weight excluding hydrogens is 355 g/mol. The number of aryl methyl sites for hydroxylation is 2. The van der Waals surface area contributed by atoms with E-state index >= 15 is 4.39 Å². The van der Waals surface area contributed by atoms with Gasteiger partial charge in [-0.2, -0.15) is 0 Å². The summed E-state index contributed by atoms with van der Waals surface area (Å²) in [6.45, 7) is 4.22.